The van der Waals surface area contributed by atoms with Crippen molar-refractivity contribution in [3.63, 3.8) is 0 Å². The highest BCUT2D eigenvalue weighted by molar-refractivity contribution is 5.77. The number of aliphatic hydroxyl groups excluding tert-OH is 1. The second-order valence-electron chi connectivity index (χ2n) is 3.83. The van der Waals surface area contributed by atoms with Gasteiger partial charge in [-0.1, -0.05) is 12.1 Å². The van der Waals surface area contributed by atoms with Crippen LogP contribution in [-0.4, -0.2) is 42.2 Å². The Morgan fingerprint density at radius 2 is 2.06 bits per heavy atom. The van der Waals surface area contributed by atoms with Gasteiger partial charge < -0.3 is 20.5 Å². The molecule has 100 valence electrons. The van der Waals surface area contributed by atoms with Crippen molar-refractivity contribution in [1.82, 2.24) is 4.90 Å². The normalized spacial score (nSPS) is 10.2. The predicted molar refractivity (Wildman–Crippen MR) is 69.2 cm³/mol. The average molecular weight is 252 g/mol. The van der Waals surface area contributed by atoms with Crippen LogP contribution in [0.5, 0.6) is 5.75 Å². The van der Waals surface area contributed by atoms with E-state index in [4.69, 9.17) is 15.6 Å². The summed E-state index contributed by atoms with van der Waals surface area (Å²) in [7, 11) is 0. The summed E-state index contributed by atoms with van der Waals surface area (Å²) in [5, 5.41) is 8.81. The van der Waals surface area contributed by atoms with Crippen molar-refractivity contribution < 1.29 is 14.6 Å². The van der Waals surface area contributed by atoms with Crippen molar-refractivity contribution in [1.29, 1.82) is 0 Å². The van der Waals surface area contributed by atoms with E-state index in [0.29, 0.717) is 25.4 Å². The van der Waals surface area contributed by atoms with Crippen molar-refractivity contribution in [2.24, 2.45) is 5.73 Å². The molecule has 0 fully saturated rings. The maximum Gasteiger partial charge on any atom is 0.260 e. The molecule has 1 amide bonds. The monoisotopic (exact) mass is 252 g/mol. The molecule has 3 N–H and O–H groups in total. The van der Waals surface area contributed by atoms with Gasteiger partial charge in [0.2, 0.25) is 0 Å². The van der Waals surface area contributed by atoms with Crippen LogP contribution in [0.15, 0.2) is 24.3 Å². The lowest BCUT2D eigenvalue weighted by Gasteiger charge is -2.19. The van der Waals surface area contributed by atoms with Crippen LogP contribution in [0, 0.1) is 0 Å². The third-order valence-corrected chi connectivity index (χ3v) is 2.63. The fourth-order valence-corrected chi connectivity index (χ4v) is 1.54. The molecule has 1 aromatic rings. The van der Waals surface area contributed by atoms with E-state index in [1.54, 1.807) is 17.0 Å². The summed E-state index contributed by atoms with van der Waals surface area (Å²) in [5.41, 5.74) is 6.51. The number of amides is 1. The van der Waals surface area contributed by atoms with Gasteiger partial charge >= 0.3 is 0 Å². The second kappa shape index (κ2) is 7.68. The summed E-state index contributed by atoms with van der Waals surface area (Å²) < 4.78 is 5.38. The van der Waals surface area contributed by atoms with Crippen LogP contribution >= 0.6 is 0 Å². The van der Waals surface area contributed by atoms with Gasteiger partial charge in [0.1, 0.15) is 5.75 Å². The minimum absolute atomic E-state index is 0.0180. The number of carbonyl (C=O) groups is 1. The van der Waals surface area contributed by atoms with E-state index < -0.39 is 0 Å². The SMILES string of the molecule is CCN(CCO)C(=O)COc1ccc(CN)cc1. The molecular weight excluding hydrogens is 232 g/mol. The fourth-order valence-electron chi connectivity index (χ4n) is 1.54. The summed E-state index contributed by atoms with van der Waals surface area (Å²) in [5.74, 6) is 0.509. The molecular formula is C13H20N2O3. The van der Waals surface area contributed by atoms with Gasteiger partial charge in [0.25, 0.3) is 5.91 Å². The van der Waals surface area contributed by atoms with E-state index in [0.717, 1.165) is 5.56 Å². The van der Waals surface area contributed by atoms with Crippen molar-refractivity contribution in [3.8, 4) is 5.75 Å². The number of rotatable bonds is 7. The minimum Gasteiger partial charge on any atom is -0.484 e. The highest BCUT2D eigenvalue weighted by atomic mass is 16.5. The Morgan fingerprint density at radius 1 is 1.39 bits per heavy atom. The Labute approximate surface area is 107 Å². The smallest absolute Gasteiger partial charge is 0.260 e. The zero-order chi connectivity index (χ0) is 13.4. The maximum absolute atomic E-state index is 11.7. The molecule has 0 bridgehead atoms. The standard InChI is InChI=1S/C13H20N2O3/c1-2-15(7-8-16)13(17)10-18-12-5-3-11(9-14)4-6-12/h3-6,16H,2,7-10,14H2,1H3. The Hall–Kier alpha value is -1.59. The lowest BCUT2D eigenvalue weighted by molar-refractivity contribution is -0.133. The number of likely N-dealkylation sites (N-methyl/N-ethyl adjacent to an activating group) is 1. The second-order valence-corrected chi connectivity index (χ2v) is 3.83. The summed E-state index contributed by atoms with van der Waals surface area (Å²) in [6.07, 6.45) is 0. The molecule has 0 saturated heterocycles. The Morgan fingerprint density at radius 3 is 2.56 bits per heavy atom. The highest BCUT2D eigenvalue weighted by Crippen LogP contribution is 2.11. The topological polar surface area (TPSA) is 75.8 Å². The fraction of sp³-hybridized carbons (Fsp3) is 0.462. The molecule has 0 heterocycles. The first kappa shape index (κ1) is 14.5. The molecule has 18 heavy (non-hydrogen) atoms. The number of aliphatic hydroxyl groups is 1. The highest BCUT2D eigenvalue weighted by Gasteiger charge is 2.11. The van der Waals surface area contributed by atoms with Gasteiger partial charge in [-0.25, -0.2) is 0 Å². The molecule has 5 nitrogen and oxygen atoms in total. The van der Waals surface area contributed by atoms with E-state index >= 15 is 0 Å². The summed E-state index contributed by atoms with van der Waals surface area (Å²) in [6.45, 7) is 3.20. The molecule has 1 aromatic carbocycles. The van der Waals surface area contributed by atoms with E-state index in [1.807, 2.05) is 19.1 Å². The van der Waals surface area contributed by atoms with Crippen LogP contribution < -0.4 is 10.5 Å². The molecule has 0 aliphatic rings. The molecule has 0 radical (unpaired) electrons. The van der Waals surface area contributed by atoms with E-state index in [9.17, 15) is 4.79 Å². The van der Waals surface area contributed by atoms with Crippen molar-refractivity contribution >= 4 is 5.91 Å². The number of hydrogen-bond acceptors (Lipinski definition) is 4. The van der Waals surface area contributed by atoms with Crippen LogP contribution in [0.25, 0.3) is 0 Å². The van der Waals surface area contributed by atoms with Crippen LogP contribution in [0.4, 0.5) is 0 Å². The third-order valence-electron chi connectivity index (χ3n) is 2.63. The Bertz CT molecular complexity index is 365. The van der Waals surface area contributed by atoms with Gasteiger partial charge in [0.05, 0.1) is 6.61 Å². The van der Waals surface area contributed by atoms with Crippen LogP contribution in [0.1, 0.15) is 12.5 Å². The predicted octanol–water partition coefficient (Wildman–Crippen LogP) is 0.365. The largest absolute Gasteiger partial charge is 0.484 e. The number of nitrogens with two attached hydrogens (primary N) is 1. The number of hydrogen-bond donors (Lipinski definition) is 2. The van der Waals surface area contributed by atoms with E-state index in [1.165, 1.54) is 0 Å². The van der Waals surface area contributed by atoms with Gasteiger partial charge in [-0.3, -0.25) is 4.79 Å². The van der Waals surface area contributed by atoms with Gasteiger partial charge in [0.15, 0.2) is 6.61 Å². The van der Waals surface area contributed by atoms with Crippen molar-refractivity contribution in [3.05, 3.63) is 29.8 Å². The number of nitrogens with zero attached hydrogens (tertiary/aromatic N) is 1. The molecule has 0 atom stereocenters. The lowest BCUT2D eigenvalue weighted by atomic mass is 10.2. The Kier molecular flexibility index (Phi) is 6.18. The third kappa shape index (κ3) is 4.35. The molecule has 0 unspecified atom stereocenters. The van der Waals surface area contributed by atoms with Crippen LogP contribution in [0.2, 0.25) is 0 Å². The van der Waals surface area contributed by atoms with Crippen molar-refractivity contribution in [2.75, 3.05) is 26.3 Å². The first-order valence-corrected chi connectivity index (χ1v) is 6.01. The molecule has 0 aliphatic carbocycles. The van der Waals surface area contributed by atoms with Gasteiger partial charge in [0, 0.05) is 19.6 Å². The molecule has 0 aliphatic heterocycles. The number of ether oxygens (including phenoxy) is 1. The summed E-state index contributed by atoms with van der Waals surface area (Å²) in [4.78, 5) is 13.3. The van der Waals surface area contributed by atoms with Gasteiger partial charge in [-0.05, 0) is 24.6 Å². The van der Waals surface area contributed by atoms with E-state index in [2.05, 4.69) is 0 Å². The minimum atomic E-state index is -0.130. The number of benzene rings is 1. The van der Waals surface area contributed by atoms with Gasteiger partial charge in [-0.15, -0.1) is 0 Å². The number of carbonyl (C=O) groups excluding carboxylic acids is 1. The van der Waals surface area contributed by atoms with Crippen molar-refractivity contribution in [2.45, 2.75) is 13.5 Å². The quantitative estimate of drug-likeness (QED) is 0.735. The Balaban J connectivity index is 2.45. The average Bonchev–Trinajstić information content (AvgIpc) is 2.42. The molecule has 1 rings (SSSR count). The summed E-state index contributed by atoms with van der Waals surface area (Å²) >= 11 is 0. The molecule has 0 spiro atoms. The lowest BCUT2D eigenvalue weighted by Crippen LogP contribution is -2.36. The first-order chi connectivity index (χ1) is 8.71. The molecule has 5 heteroatoms. The zero-order valence-electron chi connectivity index (χ0n) is 10.6. The maximum atomic E-state index is 11.7. The van der Waals surface area contributed by atoms with Gasteiger partial charge in [-0.2, -0.15) is 0 Å². The summed E-state index contributed by atoms with van der Waals surface area (Å²) in [6, 6.07) is 7.31. The molecule has 0 aromatic heterocycles. The van der Waals surface area contributed by atoms with Crippen LogP contribution in [0.3, 0.4) is 0 Å². The molecule has 0 saturated carbocycles. The zero-order valence-corrected chi connectivity index (χ0v) is 10.6. The van der Waals surface area contributed by atoms with E-state index in [-0.39, 0.29) is 19.1 Å². The van der Waals surface area contributed by atoms with Crippen LogP contribution in [-0.2, 0) is 11.3 Å². The first-order valence-electron chi connectivity index (χ1n) is 6.01.